The molecule has 5 rings (SSSR count). The summed E-state index contributed by atoms with van der Waals surface area (Å²) >= 11 is 1.56. The van der Waals surface area contributed by atoms with Crippen molar-refractivity contribution in [3.63, 3.8) is 0 Å². The Labute approximate surface area is 220 Å². The Hall–Kier alpha value is -2.67. The molecule has 10 nitrogen and oxygen atoms in total. The average molecular weight is 546 g/mol. The number of aliphatic imine (C=N–C) groups is 1. The molecule has 4 atom stereocenters. The fourth-order valence-electron chi connectivity index (χ4n) is 5.50. The number of hydrogen-bond donors (Lipinski definition) is 2. The first-order chi connectivity index (χ1) is 17.5. The third-order valence-corrected chi connectivity index (χ3v) is 9.81. The van der Waals surface area contributed by atoms with Gasteiger partial charge >= 0.3 is 0 Å². The number of nitrogens with zero attached hydrogens (tertiary/aromatic N) is 4. The third-order valence-electron chi connectivity index (χ3n) is 7.54. The van der Waals surface area contributed by atoms with E-state index < -0.39 is 33.7 Å². The maximum Gasteiger partial charge on any atom is 0.277 e. The standard InChI is InChI=1S/C25H31N5O5S2/c1-15-21(36-14-26-15)16-7-9-17(10-8-16)25(2)24(33)27-22(28-25)20-12-18(31)13-29(20)23(32)19-6-4-5-11-30(19)37(3,34)35/h7-10,14,18-20,31H,4-6,11-13H2,1-3H3,(H,27,28,33)/t18-,19?,20+,25?/m1/s1. The number of aliphatic hydroxyl groups excluding tert-OH is 1. The summed E-state index contributed by atoms with van der Waals surface area (Å²) in [5.74, 6) is -0.420. The van der Waals surface area contributed by atoms with Crippen LogP contribution in [0, 0.1) is 6.92 Å². The highest BCUT2D eigenvalue weighted by Gasteiger charge is 2.49. The van der Waals surface area contributed by atoms with E-state index in [0.717, 1.165) is 34.4 Å². The Morgan fingerprint density at radius 2 is 1.97 bits per heavy atom. The first-order valence-corrected chi connectivity index (χ1v) is 15.1. The monoisotopic (exact) mass is 545 g/mol. The number of amidine groups is 1. The summed E-state index contributed by atoms with van der Waals surface area (Å²) < 4.78 is 25.9. The predicted octanol–water partition coefficient (Wildman–Crippen LogP) is 1.64. The number of thiazole rings is 1. The fourth-order valence-corrected chi connectivity index (χ4v) is 7.43. The molecule has 2 aromatic rings. The van der Waals surface area contributed by atoms with Crippen molar-refractivity contribution in [2.45, 2.75) is 63.3 Å². The van der Waals surface area contributed by atoms with Crippen LogP contribution in [0.15, 0.2) is 34.8 Å². The first kappa shape index (κ1) is 26.0. The van der Waals surface area contributed by atoms with Gasteiger partial charge in [0.05, 0.1) is 34.5 Å². The number of rotatable bonds is 5. The van der Waals surface area contributed by atoms with Crippen molar-refractivity contribution in [2.75, 3.05) is 19.3 Å². The van der Waals surface area contributed by atoms with Crippen LogP contribution in [0.1, 0.15) is 43.9 Å². The normalized spacial score (nSPS) is 28.9. The summed E-state index contributed by atoms with van der Waals surface area (Å²) in [6, 6.07) is 6.21. The highest BCUT2D eigenvalue weighted by atomic mass is 32.2. The second-order valence-electron chi connectivity index (χ2n) is 10.2. The largest absolute Gasteiger partial charge is 0.391 e. The van der Waals surface area contributed by atoms with Gasteiger partial charge in [0.15, 0.2) is 0 Å². The Bertz CT molecular complexity index is 1360. The number of aliphatic hydroxyl groups is 1. The van der Waals surface area contributed by atoms with Gasteiger partial charge in [-0.25, -0.2) is 13.4 Å². The van der Waals surface area contributed by atoms with E-state index in [4.69, 9.17) is 0 Å². The van der Waals surface area contributed by atoms with Gasteiger partial charge < -0.3 is 15.3 Å². The van der Waals surface area contributed by atoms with Crippen LogP contribution in [0.5, 0.6) is 0 Å². The Kier molecular flexibility index (Phi) is 6.71. The zero-order chi connectivity index (χ0) is 26.5. The van der Waals surface area contributed by atoms with Gasteiger partial charge in [-0.2, -0.15) is 9.30 Å². The van der Waals surface area contributed by atoms with Gasteiger partial charge in [-0.05, 0) is 37.8 Å². The fraction of sp³-hybridized carbons (Fsp3) is 0.520. The van der Waals surface area contributed by atoms with E-state index >= 15 is 0 Å². The summed E-state index contributed by atoms with van der Waals surface area (Å²) in [7, 11) is -3.57. The quantitative estimate of drug-likeness (QED) is 0.584. The molecule has 2 unspecified atom stereocenters. The van der Waals surface area contributed by atoms with Gasteiger partial charge in [0, 0.05) is 19.5 Å². The SMILES string of the molecule is Cc1ncsc1-c1ccc(C2(C)NC([C@@H]3C[C@@H](O)CN3C(=O)C3CCCCN3S(C)(=O)=O)=NC2=O)cc1. The van der Waals surface area contributed by atoms with Crippen LogP contribution in [-0.2, 0) is 25.2 Å². The summed E-state index contributed by atoms with van der Waals surface area (Å²) in [4.78, 5) is 37.9. The van der Waals surface area contributed by atoms with Gasteiger partial charge in [-0.15, -0.1) is 11.3 Å². The summed E-state index contributed by atoms with van der Waals surface area (Å²) in [5, 5.41) is 13.7. The van der Waals surface area contributed by atoms with Gasteiger partial charge in [-0.1, -0.05) is 30.7 Å². The Balaban J connectivity index is 1.38. The minimum Gasteiger partial charge on any atom is -0.391 e. The summed E-state index contributed by atoms with van der Waals surface area (Å²) in [6.07, 6.45) is 2.41. The van der Waals surface area contributed by atoms with Gasteiger partial charge in [-0.3, -0.25) is 9.59 Å². The molecule has 0 radical (unpaired) electrons. The zero-order valence-corrected chi connectivity index (χ0v) is 22.7. The van der Waals surface area contributed by atoms with Crippen molar-refractivity contribution < 1.29 is 23.1 Å². The minimum absolute atomic E-state index is 0.0616. The number of carbonyl (C=O) groups is 2. The zero-order valence-electron chi connectivity index (χ0n) is 21.0. The van der Waals surface area contributed by atoms with Crippen molar-refractivity contribution in [2.24, 2.45) is 4.99 Å². The van der Waals surface area contributed by atoms with Gasteiger partial charge in [0.25, 0.3) is 5.91 Å². The predicted molar refractivity (Wildman–Crippen MR) is 141 cm³/mol. The molecule has 2 N–H and O–H groups in total. The van der Waals surface area contributed by atoms with Crippen LogP contribution in [0.4, 0.5) is 0 Å². The van der Waals surface area contributed by atoms with Crippen molar-refractivity contribution in [3.05, 3.63) is 41.0 Å². The molecule has 37 heavy (non-hydrogen) atoms. The number of β-amino-alcohol motifs (C(OH)–C–C–N with tert-alkyl or cyclic N) is 1. The van der Waals surface area contributed by atoms with Gasteiger partial charge in [0.1, 0.15) is 17.4 Å². The molecule has 2 fully saturated rings. The highest BCUT2D eigenvalue weighted by Crippen LogP contribution is 2.34. The molecule has 0 bridgehead atoms. The number of amides is 2. The topological polar surface area (TPSA) is 132 Å². The number of hydrogen-bond acceptors (Lipinski definition) is 8. The molecule has 198 valence electrons. The van der Waals surface area contributed by atoms with E-state index in [1.807, 2.05) is 31.2 Å². The van der Waals surface area contributed by atoms with Crippen LogP contribution >= 0.6 is 11.3 Å². The van der Waals surface area contributed by atoms with Crippen molar-refractivity contribution >= 4 is 39.0 Å². The van der Waals surface area contributed by atoms with Crippen LogP contribution in [0.25, 0.3) is 10.4 Å². The number of sulfonamides is 1. The lowest BCUT2D eigenvalue weighted by Crippen LogP contribution is -2.56. The lowest BCUT2D eigenvalue weighted by molar-refractivity contribution is -0.136. The smallest absolute Gasteiger partial charge is 0.277 e. The molecule has 4 heterocycles. The van der Waals surface area contributed by atoms with E-state index in [2.05, 4.69) is 15.3 Å². The average Bonchev–Trinajstić information content (AvgIpc) is 3.55. The summed E-state index contributed by atoms with van der Waals surface area (Å²) in [6.45, 7) is 4.06. The summed E-state index contributed by atoms with van der Waals surface area (Å²) in [5.41, 5.74) is 3.36. The molecule has 0 spiro atoms. The van der Waals surface area contributed by atoms with Crippen molar-refractivity contribution in [3.8, 4) is 10.4 Å². The molecule has 0 saturated carbocycles. The Morgan fingerprint density at radius 3 is 2.62 bits per heavy atom. The van der Waals surface area contributed by atoms with E-state index in [-0.39, 0.29) is 24.8 Å². The van der Waals surface area contributed by atoms with Crippen LogP contribution in [-0.4, -0.2) is 82.9 Å². The number of nitrogens with one attached hydrogen (secondary N) is 1. The molecule has 0 aliphatic carbocycles. The number of piperidine rings is 1. The maximum atomic E-state index is 13.6. The number of likely N-dealkylation sites (tertiary alicyclic amines) is 1. The van der Waals surface area contributed by atoms with E-state index in [1.54, 1.807) is 23.8 Å². The van der Waals surface area contributed by atoms with E-state index in [9.17, 15) is 23.1 Å². The Morgan fingerprint density at radius 1 is 1.24 bits per heavy atom. The second kappa shape index (κ2) is 9.57. The lowest BCUT2D eigenvalue weighted by Gasteiger charge is -2.37. The van der Waals surface area contributed by atoms with Crippen LogP contribution in [0.2, 0.25) is 0 Å². The number of benzene rings is 1. The molecule has 3 aliphatic heterocycles. The minimum atomic E-state index is -3.57. The molecular formula is C25H31N5O5S2. The lowest BCUT2D eigenvalue weighted by atomic mass is 9.91. The van der Waals surface area contributed by atoms with Gasteiger partial charge in [0.2, 0.25) is 15.9 Å². The number of aromatic nitrogens is 1. The van der Waals surface area contributed by atoms with Crippen LogP contribution < -0.4 is 5.32 Å². The highest BCUT2D eigenvalue weighted by molar-refractivity contribution is 7.88. The molecular weight excluding hydrogens is 514 g/mol. The molecule has 12 heteroatoms. The molecule has 3 aliphatic rings. The molecule has 2 amide bonds. The van der Waals surface area contributed by atoms with Crippen molar-refractivity contribution in [1.29, 1.82) is 0 Å². The molecule has 2 saturated heterocycles. The maximum absolute atomic E-state index is 13.6. The van der Waals surface area contributed by atoms with E-state index in [0.29, 0.717) is 25.2 Å². The van der Waals surface area contributed by atoms with E-state index in [1.165, 1.54) is 9.21 Å². The molecule has 1 aromatic carbocycles. The second-order valence-corrected chi connectivity index (χ2v) is 13.0. The van der Waals surface area contributed by atoms with Crippen LogP contribution in [0.3, 0.4) is 0 Å². The number of carbonyl (C=O) groups excluding carboxylic acids is 2. The third kappa shape index (κ3) is 4.71. The number of aryl methyl sites for hydroxylation is 1. The first-order valence-electron chi connectivity index (χ1n) is 12.4. The van der Waals surface area contributed by atoms with Crippen molar-refractivity contribution in [1.82, 2.24) is 19.5 Å². The molecule has 1 aromatic heterocycles.